The van der Waals surface area contributed by atoms with E-state index in [1.165, 1.54) is 24.0 Å². The van der Waals surface area contributed by atoms with Gasteiger partial charge in [0, 0.05) is 25.1 Å². The van der Waals surface area contributed by atoms with Crippen molar-refractivity contribution in [2.75, 3.05) is 12.3 Å². The van der Waals surface area contributed by atoms with Gasteiger partial charge < -0.3 is 53.4 Å². The van der Waals surface area contributed by atoms with Gasteiger partial charge in [-0.25, -0.2) is 9.79 Å². The third kappa shape index (κ3) is 11.4. The summed E-state index contributed by atoms with van der Waals surface area (Å²) >= 11 is 0. The summed E-state index contributed by atoms with van der Waals surface area (Å²) in [6.07, 6.45) is -0.420. The minimum Gasteiger partial charge on any atom is -0.508 e. The van der Waals surface area contributed by atoms with Crippen LogP contribution in [0.25, 0.3) is 0 Å². The standard InChI is InChI=1S/C34H48N8O8/c1-18(2)15-26(32(48)42-14-4-5-27(42)31(47)41-28(19(3)43)33(49)50)39-29(45)24(16-21-8-12-23(44)13-9-21)38-30(46)25(40-34(36)37)17-20-6-10-22(35)11-7-20/h6-13,18-19,24-28,43-44H,4-5,14-17,35H2,1-3H3,(H,38,46)(H,39,45)(H,41,47)(H,49,50)(H4,36,37,40)/t19-,24+,25+,26+,27+,28+/m1/s1. The second-order valence-electron chi connectivity index (χ2n) is 12.9. The predicted octanol–water partition coefficient (Wildman–Crippen LogP) is -0.641. The number of nitrogens with zero attached hydrogens (tertiary/aromatic N) is 2. The summed E-state index contributed by atoms with van der Waals surface area (Å²) in [5.74, 6) is -4.48. The maximum absolute atomic E-state index is 14.0. The van der Waals surface area contributed by atoms with Gasteiger partial charge in [0.1, 0.15) is 29.9 Å². The number of anilines is 1. The first-order chi connectivity index (χ1) is 23.5. The van der Waals surface area contributed by atoms with Crippen LogP contribution in [0.15, 0.2) is 53.5 Å². The molecule has 0 saturated carbocycles. The van der Waals surface area contributed by atoms with Crippen molar-refractivity contribution >= 4 is 41.2 Å². The lowest BCUT2D eigenvalue weighted by molar-refractivity contribution is -0.147. The number of benzene rings is 2. The number of aliphatic imine (C=N–C) groups is 1. The fourth-order valence-electron chi connectivity index (χ4n) is 5.71. The fraction of sp³-hybridized carbons (Fsp3) is 0.471. The van der Waals surface area contributed by atoms with Crippen LogP contribution in [0.5, 0.6) is 5.75 Å². The molecule has 1 saturated heterocycles. The van der Waals surface area contributed by atoms with Gasteiger partial charge in [-0.3, -0.25) is 19.2 Å². The molecule has 1 aliphatic rings. The maximum Gasteiger partial charge on any atom is 0.328 e. The molecule has 0 radical (unpaired) electrons. The van der Waals surface area contributed by atoms with Gasteiger partial charge in [0.25, 0.3) is 0 Å². The number of aliphatic hydroxyl groups excluding tert-OH is 1. The predicted molar refractivity (Wildman–Crippen MR) is 185 cm³/mol. The number of likely N-dealkylation sites (tertiary alicyclic amines) is 1. The number of amides is 4. The molecule has 0 aliphatic carbocycles. The molecular weight excluding hydrogens is 648 g/mol. The van der Waals surface area contributed by atoms with Crippen LogP contribution in [-0.4, -0.2) is 98.6 Å². The zero-order chi connectivity index (χ0) is 37.1. The number of aliphatic hydroxyl groups is 1. The number of nitrogens with two attached hydrogens (primary N) is 3. The van der Waals surface area contributed by atoms with Crippen LogP contribution in [0, 0.1) is 5.92 Å². The molecule has 50 heavy (non-hydrogen) atoms. The van der Waals surface area contributed by atoms with E-state index in [-0.39, 0.29) is 49.9 Å². The molecule has 3 rings (SSSR count). The molecule has 16 nitrogen and oxygen atoms in total. The molecule has 1 fully saturated rings. The number of nitrogens with one attached hydrogen (secondary N) is 3. The van der Waals surface area contributed by atoms with Crippen LogP contribution in [0.1, 0.15) is 51.2 Å². The van der Waals surface area contributed by atoms with Gasteiger partial charge >= 0.3 is 5.97 Å². The minimum absolute atomic E-state index is 0.00465. The summed E-state index contributed by atoms with van der Waals surface area (Å²) in [5.41, 5.74) is 18.9. The highest BCUT2D eigenvalue weighted by Crippen LogP contribution is 2.21. The van der Waals surface area contributed by atoms with E-state index in [4.69, 9.17) is 17.2 Å². The van der Waals surface area contributed by atoms with Crippen molar-refractivity contribution in [3.05, 3.63) is 59.7 Å². The lowest BCUT2D eigenvalue weighted by Crippen LogP contribution is -2.59. The molecule has 0 aromatic heterocycles. The summed E-state index contributed by atoms with van der Waals surface area (Å²) in [6, 6.07) is 6.78. The van der Waals surface area contributed by atoms with E-state index in [0.717, 1.165) is 0 Å². The summed E-state index contributed by atoms with van der Waals surface area (Å²) in [4.78, 5) is 71.7. The lowest BCUT2D eigenvalue weighted by Gasteiger charge is -2.31. The minimum atomic E-state index is -1.57. The average Bonchev–Trinajstić information content (AvgIpc) is 3.53. The first-order valence-corrected chi connectivity index (χ1v) is 16.4. The number of hydrogen-bond acceptors (Lipinski definition) is 9. The number of aliphatic carboxylic acids is 1. The van der Waals surface area contributed by atoms with Crippen LogP contribution in [0.4, 0.5) is 5.69 Å². The number of nitrogen functional groups attached to an aromatic ring is 1. The normalized spacial score (nSPS) is 17.1. The van der Waals surface area contributed by atoms with E-state index < -0.39 is 65.9 Å². The van der Waals surface area contributed by atoms with Crippen LogP contribution >= 0.6 is 0 Å². The quantitative estimate of drug-likeness (QED) is 0.0605. The molecule has 12 N–H and O–H groups in total. The Morgan fingerprint density at radius 2 is 1.46 bits per heavy atom. The Morgan fingerprint density at radius 1 is 0.880 bits per heavy atom. The molecule has 1 aliphatic heterocycles. The Balaban J connectivity index is 1.88. The highest BCUT2D eigenvalue weighted by atomic mass is 16.4. The second kappa shape index (κ2) is 17.9. The smallest absolute Gasteiger partial charge is 0.328 e. The van der Waals surface area contributed by atoms with Crippen molar-refractivity contribution in [2.45, 2.75) is 89.2 Å². The Labute approximate surface area is 290 Å². The zero-order valence-electron chi connectivity index (χ0n) is 28.4. The summed E-state index contributed by atoms with van der Waals surface area (Å²) in [6.45, 7) is 5.13. The Bertz CT molecular complexity index is 1530. The number of phenolic OH excluding ortho intramolecular Hbond substituents is 1. The largest absolute Gasteiger partial charge is 0.508 e. The average molecular weight is 697 g/mol. The van der Waals surface area contributed by atoms with Crippen LogP contribution in [0.3, 0.4) is 0 Å². The highest BCUT2D eigenvalue weighted by molar-refractivity contribution is 5.96. The maximum atomic E-state index is 14.0. The Morgan fingerprint density at radius 3 is 2.02 bits per heavy atom. The van der Waals surface area contributed by atoms with Gasteiger partial charge in [0.05, 0.1) is 6.10 Å². The molecule has 0 spiro atoms. The highest BCUT2D eigenvalue weighted by Gasteiger charge is 2.40. The third-order valence-corrected chi connectivity index (χ3v) is 8.23. The molecular formula is C34H48N8O8. The summed E-state index contributed by atoms with van der Waals surface area (Å²) in [7, 11) is 0. The number of carboxylic acid groups (broad SMARTS) is 1. The van der Waals surface area contributed by atoms with Crippen molar-refractivity contribution in [1.29, 1.82) is 0 Å². The van der Waals surface area contributed by atoms with E-state index in [9.17, 15) is 39.3 Å². The van der Waals surface area contributed by atoms with Gasteiger partial charge in [-0.05, 0) is 67.5 Å². The SMILES string of the molecule is CC(C)C[C@H](NC(=O)[C@H](Cc1ccc(O)cc1)NC(=O)[C@H](Cc1ccc(N)cc1)N=C(N)N)C(=O)N1CCC[C@H]1C(=O)N[C@H](C(=O)O)[C@@H](C)O. The fourth-order valence-corrected chi connectivity index (χ4v) is 5.71. The van der Waals surface area contributed by atoms with Crippen LogP contribution < -0.4 is 33.2 Å². The Hall–Kier alpha value is -5.38. The first kappa shape index (κ1) is 39.1. The Kier molecular flexibility index (Phi) is 13.9. The molecule has 0 unspecified atom stereocenters. The zero-order valence-corrected chi connectivity index (χ0v) is 28.4. The number of aromatic hydroxyl groups is 1. The monoisotopic (exact) mass is 696 g/mol. The summed E-state index contributed by atoms with van der Waals surface area (Å²) in [5, 5.41) is 36.9. The topological polar surface area (TPSA) is 276 Å². The molecule has 4 amide bonds. The lowest BCUT2D eigenvalue weighted by atomic mass is 9.99. The number of rotatable bonds is 16. The number of carboxylic acids is 1. The van der Waals surface area contributed by atoms with E-state index in [1.807, 2.05) is 13.8 Å². The molecule has 272 valence electrons. The summed E-state index contributed by atoms with van der Waals surface area (Å²) < 4.78 is 0. The van der Waals surface area contributed by atoms with Gasteiger partial charge in [0.2, 0.25) is 23.6 Å². The van der Waals surface area contributed by atoms with Gasteiger partial charge in [-0.1, -0.05) is 38.1 Å². The number of phenols is 1. The van der Waals surface area contributed by atoms with Crippen LogP contribution in [-0.2, 0) is 36.8 Å². The first-order valence-electron chi connectivity index (χ1n) is 16.4. The molecule has 2 aromatic rings. The molecule has 2 aromatic carbocycles. The van der Waals surface area contributed by atoms with E-state index in [2.05, 4.69) is 20.9 Å². The van der Waals surface area contributed by atoms with Crippen molar-refractivity contribution in [3.63, 3.8) is 0 Å². The van der Waals surface area contributed by atoms with Crippen molar-refractivity contribution < 1.29 is 39.3 Å². The van der Waals surface area contributed by atoms with Crippen molar-refractivity contribution in [3.8, 4) is 5.75 Å². The molecule has 16 heteroatoms. The molecule has 1 heterocycles. The van der Waals surface area contributed by atoms with Gasteiger partial charge in [-0.15, -0.1) is 0 Å². The molecule has 0 bridgehead atoms. The van der Waals surface area contributed by atoms with Crippen molar-refractivity contribution in [1.82, 2.24) is 20.9 Å². The second-order valence-corrected chi connectivity index (χ2v) is 12.9. The van der Waals surface area contributed by atoms with Crippen LogP contribution in [0.2, 0.25) is 0 Å². The van der Waals surface area contributed by atoms with Gasteiger partial charge in [0.15, 0.2) is 12.0 Å². The number of carbonyl (C=O) groups excluding carboxylic acids is 4. The number of guanidine groups is 1. The number of carbonyl (C=O) groups is 5. The van der Waals surface area contributed by atoms with Gasteiger partial charge in [-0.2, -0.15) is 0 Å². The number of hydrogen-bond donors (Lipinski definition) is 9. The third-order valence-electron chi connectivity index (χ3n) is 8.23. The van der Waals surface area contributed by atoms with E-state index in [0.29, 0.717) is 23.2 Å². The van der Waals surface area contributed by atoms with E-state index >= 15 is 0 Å². The van der Waals surface area contributed by atoms with E-state index in [1.54, 1.807) is 36.4 Å². The molecule has 6 atom stereocenters. The van der Waals surface area contributed by atoms with Crippen molar-refractivity contribution in [2.24, 2.45) is 22.4 Å².